The van der Waals surface area contributed by atoms with E-state index >= 15 is 0 Å². The Morgan fingerprint density at radius 1 is 1.33 bits per heavy atom. The van der Waals surface area contributed by atoms with E-state index in [4.69, 9.17) is 0 Å². The van der Waals surface area contributed by atoms with Gasteiger partial charge in [-0.1, -0.05) is 19.1 Å². The van der Waals surface area contributed by atoms with Crippen molar-refractivity contribution in [2.45, 2.75) is 25.8 Å². The van der Waals surface area contributed by atoms with Crippen molar-refractivity contribution in [1.29, 1.82) is 0 Å². The summed E-state index contributed by atoms with van der Waals surface area (Å²) in [6, 6.07) is 7.99. The second kappa shape index (κ2) is 8.10. The van der Waals surface area contributed by atoms with Gasteiger partial charge in [-0.2, -0.15) is 5.10 Å². The standard InChI is InChI=1S/C19H24N6O.ClH/c1-3-8-25-17-7-5-4-6-16(17)22-19(25)23-18(26)15-11-20-10-14(15)13-9-21-24(2)12-13;/h4-7,9,12,14-15,20H,3,8,10-11H2,1-2H3,(H,22,23,26);1H/t14-,15+;/m1./s1. The van der Waals surface area contributed by atoms with Crippen LogP contribution in [-0.2, 0) is 18.4 Å². The SMILES string of the molecule is CCCn1c(NC(=O)[C@H]2CNC[C@@H]2c2cnn(C)c2)nc2ccccc21.Cl. The maximum atomic E-state index is 13.0. The van der Waals surface area contributed by atoms with Crippen LogP contribution in [0.15, 0.2) is 36.7 Å². The van der Waals surface area contributed by atoms with E-state index in [1.54, 1.807) is 4.68 Å². The fourth-order valence-corrected chi connectivity index (χ4v) is 3.76. The highest BCUT2D eigenvalue weighted by molar-refractivity contribution is 5.94. The van der Waals surface area contributed by atoms with E-state index in [0.717, 1.165) is 36.1 Å². The minimum Gasteiger partial charge on any atom is -0.315 e. The summed E-state index contributed by atoms with van der Waals surface area (Å²) in [4.78, 5) is 17.6. The highest BCUT2D eigenvalue weighted by atomic mass is 35.5. The van der Waals surface area contributed by atoms with Gasteiger partial charge in [0, 0.05) is 38.8 Å². The van der Waals surface area contributed by atoms with Crippen LogP contribution in [0.5, 0.6) is 0 Å². The van der Waals surface area contributed by atoms with Crippen molar-refractivity contribution in [3.05, 3.63) is 42.2 Å². The Morgan fingerprint density at radius 3 is 2.89 bits per heavy atom. The smallest absolute Gasteiger partial charge is 0.231 e. The second-order valence-electron chi connectivity index (χ2n) is 6.88. The topological polar surface area (TPSA) is 76.8 Å². The first-order chi connectivity index (χ1) is 12.7. The van der Waals surface area contributed by atoms with Crippen LogP contribution in [0.1, 0.15) is 24.8 Å². The number of benzene rings is 1. The van der Waals surface area contributed by atoms with E-state index < -0.39 is 0 Å². The molecule has 0 aliphatic carbocycles. The summed E-state index contributed by atoms with van der Waals surface area (Å²) >= 11 is 0. The van der Waals surface area contributed by atoms with Gasteiger partial charge in [0.15, 0.2) is 0 Å². The predicted octanol–water partition coefficient (Wildman–Crippen LogP) is 2.54. The summed E-state index contributed by atoms with van der Waals surface area (Å²) in [6.45, 7) is 4.40. The summed E-state index contributed by atoms with van der Waals surface area (Å²) < 4.78 is 3.87. The number of halogens is 1. The third-order valence-corrected chi connectivity index (χ3v) is 5.04. The Kier molecular flexibility index (Phi) is 5.82. The zero-order chi connectivity index (χ0) is 18.1. The van der Waals surface area contributed by atoms with Gasteiger partial charge in [0.2, 0.25) is 11.9 Å². The number of carbonyl (C=O) groups excluding carboxylic acids is 1. The van der Waals surface area contributed by atoms with Gasteiger partial charge in [-0.3, -0.25) is 14.8 Å². The van der Waals surface area contributed by atoms with Gasteiger partial charge >= 0.3 is 0 Å². The summed E-state index contributed by atoms with van der Waals surface area (Å²) in [7, 11) is 1.90. The molecular formula is C19H25ClN6O. The zero-order valence-electron chi connectivity index (χ0n) is 15.6. The quantitative estimate of drug-likeness (QED) is 0.704. The van der Waals surface area contributed by atoms with Gasteiger partial charge in [-0.05, 0) is 24.1 Å². The van der Waals surface area contributed by atoms with Crippen LogP contribution >= 0.6 is 12.4 Å². The highest BCUT2D eigenvalue weighted by Crippen LogP contribution is 2.29. The minimum atomic E-state index is -0.130. The third-order valence-electron chi connectivity index (χ3n) is 5.04. The molecule has 0 bridgehead atoms. The third kappa shape index (κ3) is 3.70. The summed E-state index contributed by atoms with van der Waals surface area (Å²) in [5.41, 5.74) is 3.06. The van der Waals surface area contributed by atoms with Crippen molar-refractivity contribution in [1.82, 2.24) is 24.6 Å². The molecule has 2 N–H and O–H groups in total. The average Bonchev–Trinajstić information content (AvgIpc) is 3.34. The molecule has 0 spiro atoms. The number of aryl methyl sites for hydroxylation is 2. The van der Waals surface area contributed by atoms with Crippen molar-refractivity contribution in [3.63, 3.8) is 0 Å². The molecule has 3 aromatic rings. The lowest BCUT2D eigenvalue weighted by atomic mass is 9.90. The number of nitrogens with zero attached hydrogens (tertiary/aromatic N) is 4. The Bertz CT molecular complexity index is 933. The number of anilines is 1. The molecule has 0 saturated carbocycles. The molecule has 0 radical (unpaired) electrons. The molecule has 1 saturated heterocycles. The molecule has 1 aliphatic rings. The van der Waals surface area contributed by atoms with Gasteiger partial charge in [-0.15, -0.1) is 12.4 Å². The predicted molar refractivity (Wildman–Crippen MR) is 108 cm³/mol. The van der Waals surface area contributed by atoms with Gasteiger partial charge < -0.3 is 9.88 Å². The maximum absolute atomic E-state index is 13.0. The number of amides is 1. The maximum Gasteiger partial charge on any atom is 0.231 e. The normalized spacial score (nSPS) is 19.2. The molecule has 2 aromatic heterocycles. The van der Waals surface area contributed by atoms with E-state index in [9.17, 15) is 4.79 Å². The lowest BCUT2D eigenvalue weighted by Gasteiger charge is -2.17. The number of rotatable bonds is 5. The first kappa shape index (κ1) is 19.4. The van der Waals surface area contributed by atoms with Crippen molar-refractivity contribution in [3.8, 4) is 0 Å². The monoisotopic (exact) mass is 388 g/mol. The van der Waals surface area contributed by atoms with Crippen molar-refractivity contribution < 1.29 is 4.79 Å². The first-order valence-corrected chi connectivity index (χ1v) is 9.12. The molecular weight excluding hydrogens is 364 g/mol. The molecule has 1 amide bonds. The summed E-state index contributed by atoms with van der Waals surface area (Å²) in [5, 5.41) is 10.7. The number of hydrogen-bond acceptors (Lipinski definition) is 4. The number of nitrogens with one attached hydrogen (secondary N) is 2. The van der Waals surface area contributed by atoms with Gasteiger partial charge in [-0.25, -0.2) is 4.98 Å². The van der Waals surface area contributed by atoms with Gasteiger partial charge in [0.05, 0.1) is 23.1 Å². The Morgan fingerprint density at radius 2 is 2.15 bits per heavy atom. The minimum absolute atomic E-state index is 0. The molecule has 3 heterocycles. The van der Waals surface area contributed by atoms with Gasteiger partial charge in [0.1, 0.15) is 0 Å². The average molecular weight is 389 g/mol. The van der Waals surface area contributed by atoms with Crippen molar-refractivity contribution in [2.75, 3.05) is 18.4 Å². The Labute approximate surface area is 164 Å². The molecule has 144 valence electrons. The van der Waals surface area contributed by atoms with Crippen LogP contribution < -0.4 is 10.6 Å². The molecule has 0 unspecified atom stereocenters. The second-order valence-corrected chi connectivity index (χ2v) is 6.88. The van der Waals surface area contributed by atoms with Crippen LogP contribution in [0.25, 0.3) is 11.0 Å². The largest absolute Gasteiger partial charge is 0.315 e. The summed E-state index contributed by atoms with van der Waals surface area (Å²) in [5.74, 6) is 0.646. The molecule has 2 atom stereocenters. The molecule has 27 heavy (non-hydrogen) atoms. The summed E-state index contributed by atoms with van der Waals surface area (Å²) in [6.07, 6.45) is 4.82. The fourth-order valence-electron chi connectivity index (χ4n) is 3.76. The number of para-hydroxylation sites is 2. The highest BCUT2D eigenvalue weighted by Gasteiger charge is 2.35. The number of fused-ring (bicyclic) bond motifs is 1. The van der Waals surface area contributed by atoms with Gasteiger partial charge in [0.25, 0.3) is 0 Å². The molecule has 1 aliphatic heterocycles. The van der Waals surface area contributed by atoms with E-state index in [0.29, 0.717) is 12.5 Å². The molecule has 1 fully saturated rings. The fraction of sp³-hybridized carbons (Fsp3) is 0.421. The van der Waals surface area contributed by atoms with E-state index in [-0.39, 0.29) is 30.2 Å². The zero-order valence-corrected chi connectivity index (χ0v) is 16.4. The van der Waals surface area contributed by atoms with E-state index in [1.165, 1.54) is 0 Å². The molecule has 7 nitrogen and oxygen atoms in total. The Balaban J connectivity index is 0.00000210. The number of carbonyl (C=O) groups is 1. The van der Waals surface area contributed by atoms with Crippen molar-refractivity contribution in [2.24, 2.45) is 13.0 Å². The van der Waals surface area contributed by atoms with Crippen LogP contribution in [-0.4, -0.2) is 38.3 Å². The lowest BCUT2D eigenvalue weighted by Crippen LogP contribution is -2.29. The van der Waals surface area contributed by atoms with Crippen LogP contribution in [0.4, 0.5) is 5.95 Å². The number of hydrogen-bond donors (Lipinski definition) is 2. The molecule has 1 aromatic carbocycles. The first-order valence-electron chi connectivity index (χ1n) is 9.12. The Hall–Kier alpha value is -2.38. The van der Waals surface area contributed by atoms with Crippen LogP contribution in [0.3, 0.4) is 0 Å². The molecule has 8 heteroatoms. The number of imidazole rings is 1. The van der Waals surface area contributed by atoms with Crippen LogP contribution in [0, 0.1) is 5.92 Å². The van der Waals surface area contributed by atoms with E-state index in [1.807, 2.05) is 43.7 Å². The molecule has 4 rings (SSSR count). The number of aromatic nitrogens is 4. The van der Waals surface area contributed by atoms with E-state index in [2.05, 4.69) is 32.2 Å². The van der Waals surface area contributed by atoms with Crippen molar-refractivity contribution >= 4 is 35.3 Å². The van der Waals surface area contributed by atoms with Crippen LogP contribution in [0.2, 0.25) is 0 Å². The lowest BCUT2D eigenvalue weighted by molar-refractivity contribution is -0.119.